The van der Waals surface area contributed by atoms with Crippen LogP contribution in [0.2, 0.25) is 0 Å². The molecule has 0 unspecified atom stereocenters. The second kappa shape index (κ2) is 11.1. The number of piperazine rings is 1. The average molecular weight is 478 g/mol. The molecule has 5 rings (SSSR count). The molecule has 0 N–H and O–H groups in total. The maximum atomic E-state index is 13.1. The fourth-order valence-electron chi connectivity index (χ4n) is 4.67. The average Bonchev–Trinajstić information content (AvgIpc) is 3.58. The van der Waals surface area contributed by atoms with E-state index in [1.54, 1.807) is 11.3 Å². The van der Waals surface area contributed by atoms with Crippen LogP contribution in [0.25, 0.3) is 16.8 Å². The Hall–Kier alpha value is -2.81. The monoisotopic (exact) mass is 477 g/mol. The largest absolute Gasteiger partial charge is 0.340 e. The number of hydrogen-bond donors (Lipinski definition) is 0. The quantitative estimate of drug-likeness (QED) is 0.515. The molecule has 1 aromatic carbocycles. The first-order chi connectivity index (χ1) is 16.7. The van der Waals surface area contributed by atoms with E-state index in [9.17, 15) is 4.79 Å². The van der Waals surface area contributed by atoms with E-state index in [0.29, 0.717) is 24.2 Å². The van der Waals surface area contributed by atoms with Crippen molar-refractivity contribution in [1.82, 2.24) is 24.8 Å². The fraction of sp³-hybridized carbons (Fsp3) is 0.423. The number of piperidine rings is 1. The van der Waals surface area contributed by atoms with E-state index in [2.05, 4.69) is 61.3 Å². The number of rotatable bonds is 7. The van der Waals surface area contributed by atoms with Crippen LogP contribution in [0, 0.1) is 5.92 Å². The predicted octanol–water partition coefficient (Wildman–Crippen LogP) is 3.87. The van der Waals surface area contributed by atoms with Gasteiger partial charge in [-0.25, -0.2) is 0 Å². The number of likely N-dealkylation sites (tertiary alicyclic amines) is 1. The van der Waals surface area contributed by atoms with E-state index in [-0.39, 0.29) is 5.92 Å². The molecule has 2 aliphatic rings. The molecule has 0 atom stereocenters. The van der Waals surface area contributed by atoms with Gasteiger partial charge in [-0.15, -0.1) is 11.3 Å². The summed E-state index contributed by atoms with van der Waals surface area (Å²) in [5.41, 5.74) is 1.23. The molecule has 8 heteroatoms. The number of thiophene rings is 1. The van der Waals surface area contributed by atoms with Crippen molar-refractivity contribution in [2.45, 2.75) is 19.4 Å². The first-order valence-corrected chi connectivity index (χ1v) is 12.9. The summed E-state index contributed by atoms with van der Waals surface area (Å²) in [5.74, 6) is 1.76. The van der Waals surface area contributed by atoms with Crippen LogP contribution in [0.5, 0.6) is 0 Å². The van der Waals surface area contributed by atoms with Gasteiger partial charge in [-0.3, -0.25) is 14.6 Å². The van der Waals surface area contributed by atoms with Crippen LogP contribution in [0.1, 0.15) is 24.3 Å². The topological polar surface area (TPSA) is 65.7 Å². The molecule has 2 fully saturated rings. The molecular weight excluding hydrogens is 446 g/mol. The molecule has 2 aliphatic heterocycles. The molecule has 0 aliphatic carbocycles. The number of aromatic nitrogens is 2. The van der Waals surface area contributed by atoms with Gasteiger partial charge in [-0.2, -0.15) is 4.98 Å². The molecule has 3 aromatic rings. The van der Waals surface area contributed by atoms with Gasteiger partial charge in [0.1, 0.15) is 0 Å². The van der Waals surface area contributed by atoms with Gasteiger partial charge >= 0.3 is 0 Å². The van der Waals surface area contributed by atoms with Gasteiger partial charge < -0.3 is 9.42 Å². The molecule has 0 spiro atoms. The third-order valence-corrected chi connectivity index (χ3v) is 7.53. The number of carbonyl (C=O) groups is 1. The number of carbonyl (C=O) groups excluding carboxylic acids is 1. The maximum Gasteiger partial charge on any atom is 0.241 e. The van der Waals surface area contributed by atoms with Crippen LogP contribution in [-0.2, 0) is 11.3 Å². The SMILES string of the molecule is O=C(C1CCN(Cc2nc(-c3cccs3)no2)CC1)N1CCN(C/C=C/c2ccccc2)CC1. The summed E-state index contributed by atoms with van der Waals surface area (Å²) >= 11 is 1.61. The summed E-state index contributed by atoms with van der Waals surface area (Å²) in [4.78, 5) is 25.4. The molecule has 178 valence electrons. The summed E-state index contributed by atoms with van der Waals surface area (Å²) < 4.78 is 5.44. The Kier molecular flexibility index (Phi) is 7.48. The first kappa shape index (κ1) is 23.0. The van der Waals surface area contributed by atoms with E-state index in [1.165, 1.54) is 5.56 Å². The van der Waals surface area contributed by atoms with E-state index in [0.717, 1.165) is 63.5 Å². The Morgan fingerprint density at radius 3 is 2.53 bits per heavy atom. The Balaban J connectivity index is 1.03. The predicted molar refractivity (Wildman–Crippen MR) is 134 cm³/mol. The highest BCUT2D eigenvalue weighted by Gasteiger charge is 2.30. The minimum Gasteiger partial charge on any atom is -0.340 e. The van der Waals surface area contributed by atoms with Crippen molar-refractivity contribution >= 4 is 23.3 Å². The van der Waals surface area contributed by atoms with Crippen molar-refractivity contribution in [3.05, 3.63) is 65.4 Å². The smallest absolute Gasteiger partial charge is 0.241 e. The van der Waals surface area contributed by atoms with Crippen LogP contribution in [0.15, 0.2) is 58.4 Å². The van der Waals surface area contributed by atoms with Crippen molar-refractivity contribution < 1.29 is 9.32 Å². The van der Waals surface area contributed by atoms with Crippen LogP contribution in [0.3, 0.4) is 0 Å². The van der Waals surface area contributed by atoms with Crippen molar-refractivity contribution in [2.75, 3.05) is 45.8 Å². The lowest BCUT2D eigenvalue weighted by Crippen LogP contribution is -2.51. The molecule has 7 nitrogen and oxygen atoms in total. The van der Waals surface area contributed by atoms with E-state index in [4.69, 9.17) is 4.52 Å². The molecule has 2 aromatic heterocycles. The second-order valence-electron chi connectivity index (χ2n) is 8.98. The van der Waals surface area contributed by atoms with Gasteiger partial charge in [0.2, 0.25) is 17.6 Å². The van der Waals surface area contributed by atoms with Crippen LogP contribution in [-0.4, -0.2) is 76.6 Å². The number of nitrogens with zero attached hydrogens (tertiary/aromatic N) is 5. The van der Waals surface area contributed by atoms with Crippen molar-refractivity contribution in [3.8, 4) is 10.7 Å². The molecule has 34 heavy (non-hydrogen) atoms. The molecule has 0 bridgehead atoms. The lowest BCUT2D eigenvalue weighted by molar-refractivity contribution is -0.138. The zero-order valence-electron chi connectivity index (χ0n) is 19.4. The first-order valence-electron chi connectivity index (χ1n) is 12.1. The van der Waals surface area contributed by atoms with Gasteiger partial charge in [-0.05, 0) is 42.9 Å². The lowest BCUT2D eigenvalue weighted by Gasteiger charge is -2.38. The highest BCUT2D eigenvalue weighted by molar-refractivity contribution is 7.13. The zero-order chi connectivity index (χ0) is 23.2. The van der Waals surface area contributed by atoms with Gasteiger partial charge in [0, 0.05) is 38.6 Å². The van der Waals surface area contributed by atoms with E-state index in [1.807, 2.05) is 23.6 Å². The van der Waals surface area contributed by atoms with Gasteiger partial charge in [0.15, 0.2) is 0 Å². The Bertz CT molecular complexity index is 1070. The van der Waals surface area contributed by atoms with Gasteiger partial charge in [0.25, 0.3) is 0 Å². The highest BCUT2D eigenvalue weighted by atomic mass is 32.1. The minimum atomic E-state index is 0.130. The summed E-state index contributed by atoms with van der Waals surface area (Å²) in [7, 11) is 0. The van der Waals surface area contributed by atoms with Crippen molar-refractivity contribution in [2.24, 2.45) is 5.92 Å². The molecule has 0 saturated carbocycles. The molecule has 1 amide bonds. The lowest BCUT2D eigenvalue weighted by atomic mass is 9.95. The van der Waals surface area contributed by atoms with Crippen molar-refractivity contribution in [3.63, 3.8) is 0 Å². The van der Waals surface area contributed by atoms with Crippen molar-refractivity contribution in [1.29, 1.82) is 0 Å². The van der Waals surface area contributed by atoms with Crippen LogP contribution >= 0.6 is 11.3 Å². The standard InChI is InChI=1S/C26H31N5O2S/c32-26(31-17-15-29(16-18-31)12-4-8-21-6-2-1-3-7-21)22-10-13-30(14-11-22)20-24-27-25(28-33-24)23-9-5-19-34-23/h1-9,19,22H,10-18,20H2/b8-4+. The van der Waals surface area contributed by atoms with E-state index >= 15 is 0 Å². The second-order valence-corrected chi connectivity index (χ2v) is 9.93. The Labute approximate surface area is 204 Å². The number of benzene rings is 1. The summed E-state index contributed by atoms with van der Waals surface area (Å²) in [6.45, 7) is 6.88. The summed E-state index contributed by atoms with van der Waals surface area (Å²) in [5, 5.41) is 6.11. The minimum absolute atomic E-state index is 0.130. The van der Waals surface area contributed by atoms with E-state index < -0.39 is 0 Å². The number of hydrogen-bond acceptors (Lipinski definition) is 7. The molecule has 4 heterocycles. The number of amides is 1. The van der Waals surface area contributed by atoms with Crippen LogP contribution in [0.4, 0.5) is 0 Å². The maximum absolute atomic E-state index is 13.1. The Morgan fingerprint density at radius 2 is 1.79 bits per heavy atom. The summed E-state index contributed by atoms with van der Waals surface area (Å²) in [6, 6.07) is 14.4. The molecular formula is C26H31N5O2S. The third-order valence-electron chi connectivity index (χ3n) is 6.66. The molecule has 0 radical (unpaired) electrons. The Morgan fingerprint density at radius 1 is 1.00 bits per heavy atom. The fourth-order valence-corrected chi connectivity index (χ4v) is 5.31. The highest BCUT2D eigenvalue weighted by Crippen LogP contribution is 2.24. The summed E-state index contributed by atoms with van der Waals surface area (Å²) in [6.07, 6.45) is 6.17. The third kappa shape index (κ3) is 5.81. The van der Waals surface area contributed by atoms with Crippen LogP contribution < -0.4 is 0 Å². The van der Waals surface area contributed by atoms with Gasteiger partial charge in [0.05, 0.1) is 11.4 Å². The molecule has 2 saturated heterocycles. The normalized spacial score (nSPS) is 18.6. The van der Waals surface area contributed by atoms with Gasteiger partial charge in [-0.1, -0.05) is 53.7 Å². The zero-order valence-corrected chi connectivity index (χ0v) is 20.2.